The van der Waals surface area contributed by atoms with Crippen molar-refractivity contribution in [3.63, 3.8) is 0 Å². The average Bonchev–Trinajstić information content (AvgIpc) is 2.83. The first-order valence-corrected chi connectivity index (χ1v) is 6.78. The molecule has 0 aliphatic carbocycles. The number of nitrogen functional groups attached to an aromatic ring is 1. The SMILES string of the molecule is Cn1ncc(N)c1N1CC[C@@H](NC(=O)OC(C)(C)C)C1. The molecule has 1 aliphatic rings. The molecular weight excluding hydrogens is 258 g/mol. The van der Waals surface area contributed by atoms with Crippen LogP contribution in [0.5, 0.6) is 0 Å². The van der Waals surface area contributed by atoms with Gasteiger partial charge in [0.2, 0.25) is 0 Å². The predicted octanol–water partition coefficient (Wildman–Crippen LogP) is 1.11. The second-order valence-electron chi connectivity index (χ2n) is 6.12. The molecule has 0 spiro atoms. The quantitative estimate of drug-likeness (QED) is 0.848. The lowest BCUT2D eigenvalue weighted by atomic mass is 10.2. The molecule has 2 heterocycles. The first kappa shape index (κ1) is 14.5. The fourth-order valence-electron chi connectivity index (χ4n) is 2.38. The van der Waals surface area contributed by atoms with Crippen LogP contribution in [0, 0.1) is 0 Å². The smallest absolute Gasteiger partial charge is 0.407 e. The molecule has 2 rings (SSSR count). The molecule has 7 nitrogen and oxygen atoms in total. The number of nitrogens with zero attached hydrogens (tertiary/aromatic N) is 3. The molecule has 20 heavy (non-hydrogen) atoms. The van der Waals surface area contributed by atoms with Gasteiger partial charge in [0.25, 0.3) is 0 Å². The number of carbonyl (C=O) groups excluding carboxylic acids is 1. The van der Waals surface area contributed by atoms with Gasteiger partial charge in [-0.15, -0.1) is 0 Å². The Balaban J connectivity index is 1.92. The van der Waals surface area contributed by atoms with Crippen LogP contribution in [0.3, 0.4) is 0 Å². The van der Waals surface area contributed by atoms with Crippen molar-refractivity contribution in [3.05, 3.63) is 6.20 Å². The van der Waals surface area contributed by atoms with E-state index in [-0.39, 0.29) is 12.1 Å². The third-order valence-corrected chi connectivity index (χ3v) is 3.14. The highest BCUT2D eigenvalue weighted by molar-refractivity contribution is 5.69. The van der Waals surface area contributed by atoms with Crippen LogP contribution in [0.4, 0.5) is 16.3 Å². The number of anilines is 2. The van der Waals surface area contributed by atoms with Gasteiger partial charge in [0, 0.05) is 20.1 Å². The zero-order valence-electron chi connectivity index (χ0n) is 12.5. The minimum Gasteiger partial charge on any atom is -0.444 e. The highest BCUT2D eigenvalue weighted by Crippen LogP contribution is 2.25. The van der Waals surface area contributed by atoms with Crippen molar-refractivity contribution in [1.29, 1.82) is 0 Å². The van der Waals surface area contributed by atoms with E-state index in [9.17, 15) is 4.79 Å². The van der Waals surface area contributed by atoms with Gasteiger partial charge in [0.1, 0.15) is 11.4 Å². The van der Waals surface area contributed by atoms with E-state index in [1.807, 2.05) is 27.8 Å². The van der Waals surface area contributed by atoms with E-state index in [4.69, 9.17) is 10.5 Å². The summed E-state index contributed by atoms with van der Waals surface area (Å²) in [6.45, 7) is 7.10. The van der Waals surface area contributed by atoms with Gasteiger partial charge in [0.05, 0.1) is 17.9 Å². The van der Waals surface area contributed by atoms with Crippen LogP contribution >= 0.6 is 0 Å². The molecule has 7 heteroatoms. The molecule has 0 aromatic carbocycles. The number of nitrogens with two attached hydrogens (primary N) is 1. The molecule has 1 amide bonds. The molecule has 1 saturated heterocycles. The summed E-state index contributed by atoms with van der Waals surface area (Å²) in [5, 5.41) is 7.03. The van der Waals surface area contributed by atoms with Crippen LogP contribution in [0.2, 0.25) is 0 Å². The monoisotopic (exact) mass is 281 g/mol. The maximum Gasteiger partial charge on any atom is 0.407 e. The lowest BCUT2D eigenvalue weighted by Crippen LogP contribution is -2.40. The Hall–Kier alpha value is -1.92. The maximum atomic E-state index is 11.7. The Morgan fingerprint density at radius 1 is 1.55 bits per heavy atom. The molecule has 0 radical (unpaired) electrons. The first-order chi connectivity index (χ1) is 9.26. The largest absolute Gasteiger partial charge is 0.444 e. The highest BCUT2D eigenvalue weighted by atomic mass is 16.6. The van der Waals surface area contributed by atoms with Crippen molar-refractivity contribution < 1.29 is 9.53 Å². The zero-order valence-corrected chi connectivity index (χ0v) is 12.5. The van der Waals surface area contributed by atoms with Crippen LogP contribution in [0.1, 0.15) is 27.2 Å². The Morgan fingerprint density at radius 2 is 2.25 bits per heavy atom. The highest BCUT2D eigenvalue weighted by Gasteiger charge is 2.28. The number of aryl methyl sites for hydroxylation is 1. The Labute approximate surface area is 119 Å². The van der Waals surface area contributed by atoms with Crippen molar-refractivity contribution in [2.75, 3.05) is 23.7 Å². The fourth-order valence-corrected chi connectivity index (χ4v) is 2.38. The number of hydrogen-bond donors (Lipinski definition) is 2. The van der Waals surface area contributed by atoms with E-state index in [2.05, 4.69) is 15.3 Å². The van der Waals surface area contributed by atoms with Crippen LogP contribution in [0.25, 0.3) is 0 Å². The van der Waals surface area contributed by atoms with Gasteiger partial charge in [-0.3, -0.25) is 4.68 Å². The summed E-state index contributed by atoms with van der Waals surface area (Å²) in [6, 6.07) is 0.0687. The van der Waals surface area contributed by atoms with E-state index < -0.39 is 5.60 Å². The molecular formula is C13H23N5O2. The van der Waals surface area contributed by atoms with Crippen LogP contribution < -0.4 is 16.0 Å². The summed E-state index contributed by atoms with van der Waals surface area (Å²) < 4.78 is 7.02. The molecule has 0 saturated carbocycles. The number of amides is 1. The van der Waals surface area contributed by atoms with E-state index in [0.717, 1.165) is 18.8 Å². The molecule has 112 valence electrons. The summed E-state index contributed by atoms with van der Waals surface area (Å²) in [7, 11) is 1.86. The van der Waals surface area contributed by atoms with Gasteiger partial charge in [-0.1, -0.05) is 0 Å². The molecule has 1 fully saturated rings. The van der Waals surface area contributed by atoms with Crippen LogP contribution in [-0.4, -0.2) is 40.6 Å². The summed E-state index contributed by atoms with van der Waals surface area (Å²) >= 11 is 0. The molecule has 1 atom stereocenters. The number of carbonyl (C=O) groups is 1. The topological polar surface area (TPSA) is 85.4 Å². The molecule has 1 aliphatic heterocycles. The lowest BCUT2D eigenvalue weighted by Gasteiger charge is -2.22. The minimum atomic E-state index is -0.477. The standard InChI is InChI=1S/C13H23N5O2/c1-13(2,3)20-12(19)16-9-5-6-18(8-9)11-10(14)7-15-17(11)4/h7,9H,5-6,8,14H2,1-4H3,(H,16,19)/t9-/m1/s1. The van der Waals surface area contributed by atoms with Crippen LogP contribution in [0.15, 0.2) is 6.20 Å². The third-order valence-electron chi connectivity index (χ3n) is 3.14. The van der Waals surface area contributed by atoms with Crippen molar-refractivity contribution in [3.8, 4) is 0 Å². The van der Waals surface area contributed by atoms with Crippen LogP contribution in [-0.2, 0) is 11.8 Å². The number of alkyl carbamates (subject to hydrolysis) is 1. The summed E-state index contributed by atoms with van der Waals surface area (Å²) in [5.41, 5.74) is 6.09. The van der Waals surface area contributed by atoms with E-state index in [0.29, 0.717) is 12.2 Å². The zero-order chi connectivity index (χ0) is 14.9. The van der Waals surface area contributed by atoms with Gasteiger partial charge >= 0.3 is 6.09 Å². The van der Waals surface area contributed by atoms with E-state index >= 15 is 0 Å². The van der Waals surface area contributed by atoms with Gasteiger partial charge in [-0.25, -0.2) is 4.79 Å². The van der Waals surface area contributed by atoms with E-state index in [1.54, 1.807) is 10.9 Å². The predicted molar refractivity (Wildman–Crippen MR) is 77.6 cm³/mol. The molecule has 1 aromatic heterocycles. The Morgan fingerprint density at radius 3 is 2.80 bits per heavy atom. The minimum absolute atomic E-state index is 0.0687. The normalized spacial score (nSPS) is 19.2. The fraction of sp³-hybridized carbons (Fsp3) is 0.692. The van der Waals surface area contributed by atoms with Gasteiger partial charge < -0.3 is 20.7 Å². The molecule has 0 unspecified atom stereocenters. The van der Waals surface area contributed by atoms with Crippen molar-refractivity contribution in [1.82, 2.24) is 15.1 Å². The van der Waals surface area contributed by atoms with Crippen molar-refractivity contribution in [2.24, 2.45) is 7.05 Å². The van der Waals surface area contributed by atoms with Gasteiger partial charge in [-0.05, 0) is 27.2 Å². The lowest BCUT2D eigenvalue weighted by molar-refractivity contribution is 0.0509. The molecule has 0 bridgehead atoms. The summed E-state index contributed by atoms with van der Waals surface area (Å²) in [4.78, 5) is 13.9. The Kier molecular flexibility index (Phi) is 3.78. The first-order valence-electron chi connectivity index (χ1n) is 6.78. The number of rotatable bonds is 2. The summed E-state index contributed by atoms with van der Waals surface area (Å²) in [6.07, 6.45) is 2.13. The number of hydrogen-bond acceptors (Lipinski definition) is 5. The van der Waals surface area contributed by atoms with Gasteiger partial charge in [-0.2, -0.15) is 5.10 Å². The Bertz CT molecular complexity index is 472. The molecule has 1 aromatic rings. The maximum absolute atomic E-state index is 11.7. The third kappa shape index (κ3) is 3.34. The second kappa shape index (κ2) is 5.22. The average molecular weight is 281 g/mol. The van der Waals surface area contributed by atoms with Gasteiger partial charge in [0.15, 0.2) is 0 Å². The van der Waals surface area contributed by atoms with Crippen molar-refractivity contribution in [2.45, 2.75) is 38.8 Å². The number of nitrogens with one attached hydrogen (secondary N) is 1. The van der Waals surface area contributed by atoms with Crippen molar-refractivity contribution >= 4 is 17.6 Å². The molecule has 3 N–H and O–H groups in total. The summed E-state index contributed by atoms with van der Waals surface area (Å²) in [5.74, 6) is 0.901. The number of aromatic nitrogens is 2. The second-order valence-corrected chi connectivity index (χ2v) is 6.12. The van der Waals surface area contributed by atoms with E-state index in [1.165, 1.54) is 0 Å². The number of ether oxygens (including phenoxy) is 1.